The molecule has 1 aromatic carbocycles. The Bertz CT molecular complexity index is 985. The summed E-state index contributed by atoms with van der Waals surface area (Å²) in [5, 5.41) is 5.24. The molecule has 27 heavy (non-hydrogen) atoms. The molecule has 142 valence electrons. The number of hydrogen-bond acceptors (Lipinski definition) is 5. The topological polar surface area (TPSA) is 70.2 Å². The number of nitrogens with zero attached hydrogens (tertiary/aromatic N) is 3. The van der Waals surface area contributed by atoms with Gasteiger partial charge in [0.1, 0.15) is 5.76 Å². The first-order valence-corrected chi connectivity index (χ1v) is 9.04. The van der Waals surface area contributed by atoms with Crippen LogP contribution in [0.3, 0.4) is 0 Å². The lowest BCUT2D eigenvalue weighted by atomic mass is 10.1. The molecule has 0 aliphatic heterocycles. The molecule has 3 aromatic rings. The first-order valence-electron chi connectivity index (χ1n) is 8.66. The van der Waals surface area contributed by atoms with Crippen LogP contribution in [0, 0.1) is 34.6 Å². The van der Waals surface area contributed by atoms with E-state index in [1.54, 1.807) is 4.68 Å². The van der Waals surface area contributed by atoms with Crippen molar-refractivity contribution < 1.29 is 13.9 Å². The number of halogens is 1. The lowest BCUT2D eigenvalue weighted by Gasteiger charge is -2.07. The van der Waals surface area contributed by atoms with Gasteiger partial charge in [0.05, 0.1) is 23.5 Å². The van der Waals surface area contributed by atoms with Crippen molar-refractivity contribution in [2.75, 3.05) is 0 Å². The molecule has 7 heteroatoms. The molecule has 2 heterocycles. The van der Waals surface area contributed by atoms with E-state index in [1.165, 1.54) is 0 Å². The Kier molecular flexibility index (Phi) is 5.37. The first kappa shape index (κ1) is 19.2. The quantitative estimate of drug-likeness (QED) is 0.609. The van der Waals surface area contributed by atoms with Gasteiger partial charge >= 0.3 is 5.97 Å². The highest BCUT2D eigenvalue weighted by molar-refractivity contribution is 6.31. The second-order valence-corrected chi connectivity index (χ2v) is 6.99. The zero-order chi connectivity index (χ0) is 19.7. The van der Waals surface area contributed by atoms with Crippen LogP contribution in [-0.4, -0.2) is 20.7 Å². The second kappa shape index (κ2) is 7.56. The molecular weight excluding hydrogens is 366 g/mol. The summed E-state index contributed by atoms with van der Waals surface area (Å²) in [5.41, 5.74) is 5.16. The summed E-state index contributed by atoms with van der Waals surface area (Å²) < 4.78 is 12.5. The molecule has 3 rings (SSSR count). The highest BCUT2D eigenvalue weighted by atomic mass is 35.5. The number of benzene rings is 1. The maximum absolute atomic E-state index is 12.3. The zero-order valence-corrected chi connectivity index (χ0v) is 16.8. The van der Waals surface area contributed by atoms with Crippen molar-refractivity contribution >= 4 is 17.6 Å². The van der Waals surface area contributed by atoms with E-state index in [0.29, 0.717) is 10.9 Å². The maximum Gasteiger partial charge on any atom is 0.310 e. The monoisotopic (exact) mass is 387 g/mol. The minimum Gasteiger partial charge on any atom is -0.455 e. The first-order chi connectivity index (χ1) is 12.8. The Morgan fingerprint density at radius 1 is 1.19 bits per heavy atom. The fourth-order valence-electron chi connectivity index (χ4n) is 2.83. The van der Waals surface area contributed by atoms with Gasteiger partial charge in [-0.2, -0.15) is 5.10 Å². The molecule has 0 saturated carbocycles. The zero-order valence-electron chi connectivity index (χ0n) is 16.1. The molecule has 0 spiro atoms. The van der Waals surface area contributed by atoms with Crippen LogP contribution in [-0.2, 0) is 22.6 Å². The van der Waals surface area contributed by atoms with Gasteiger partial charge in [-0.15, -0.1) is 0 Å². The summed E-state index contributed by atoms with van der Waals surface area (Å²) >= 11 is 6.23. The minimum absolute atomic E-state index is 0.0211. The molecule has 0 aliphatic carbocycles. The number of carbonyl (C=O) groups excluding carboxylic acids is 1. The van der Waals surface area contributed by atoms with Crippen LogP contribution in [0.4, 0.5) is 0 Å². The lowest BCUT2D eigenvalue weighted by molar-refractivity contribution is -0.144. The van der Waals surface area contributed by atoms with Crippen LogP contribution in [0.5, 0.6) is 0 Å². The number of ether oxygens (including phenoxy) is 1. The summed E-state index contributed by atoms with van der Waals surface area (Å²) in [4.78, 5) is 16.5. The summed E-state index contributed by atoms with van der Waals surface area (Å²) in [6, 6.07) is 5.77. The number of carbonyl (C=O) groups is 1. The van der Waals surface area contributed by atoms with Crippen molar-refractivity contribution in [3.05, 3.63) is 63.1 Å². The van der Waals surface area contributed by atoms with E-state index >= 15 is 0 Å². The number of oxazole rings is 1. The van der Waals surface area contributed by atoms with Gasteiger partial charge in [-0.1, -0.05) is 17.7 Å². The van der Waals surface area contributed by atoms with E-state index in [1.807, 2.05) is 52.8 Å². The number of esters is 1. The molecule has 0 fully saturated rings. The van der Waals surface area contributed by atoms with Crippen molar-refractivity contribution in [1.29, 1.82) is 0 Å². The number of hydrogen-bond donors (Lipinski definition) is 0. The van der Waals surface area contributed by atoms with Crippen LogP contribution in [0.15, 0.2) is 22.6 Å². The number of rotatable bonds is 5. The molecule has 0 bridgehead atoms. The summed E-state index contributed by atoms with van der Waals surface area (Å²) in [5.74, 6) is 0.777. The van der Waals surface area contributed by atoms with Gasteiger partial charge in [-0.05, 0) is 52.3 Å². The third-order valence-electron chi connectivity index (χ3n) is 4.59. The van der Waals surface area contributed by atoms with Crippen LogP contribution in [0.1, 0.15) is 39.9 Å². The van der Waals surface area contributed by atoms with E-state index in [0.717, 1.165) is 39.7 Å². The molecule has 0 radical (unpaired) electrons. The van der Waals surface area contributed by atoms with Gasteiger partial charge in [-0.3, -0.25) is 4.79 Å². The van der Waals surface area contributed by atoms with Crippen LogP contribution >= 0.6 is 11.6 Å². The predicted octanol–water partition coefficient (Wildman–Crippen LogP) is 4.34. The highest BCUT2D eigenvalue weighted by Crippen LogP contribution is 2.23. The van der Waals surface area contributed by atoms with Crippen molar-refractivity contribution in [2.45, 2.75) is 47.6 Å². The summed E-state index contributed by atoms with van der Waals surface area (Å²) in [7, 11) is 0. The highest BCUT2D eigenvalue weighted by Gasteiger charge is 2.18. The van der Waals surface area contributed by atoms with Crippen LogP contribution in [0.25, 0.3) is 5.69 Å². The molecule has 0 N–H and O–H groups in total. The van der Waals surface area contributed by atoms with Crippen molar-refractivity contribution in [2.24, 2.45) is 0 Å². The molecule has 0 atom stereocenters. The van der Waals surface area contributed by atoms with E-state index in [-0.39, 0.29) is 19.0 Å². The number of aromatic nitrogens is 3. The van der Waals surface area contributed by atoms with E-state index < -0.39 is 0 Å². The minimum atomic E-state index is -0.351. The maximum atomic E-state index is 12.3. The Labute approximate surface area is 163 Å². The largest absolute Gasteiger partial charge is 0.455 e. The van der Waals surface area contributed by atoms with Gasteiger partial charge in [0, 0.05) is 16.3 Å². The third-order valence-corrected chi connectivity index (χ3v) is 5.00. The Hall–Kier alpha value is -2.60. The standard InChI is InChI=1S/C20H22ClN3O3/c1-11-6-7-16(8-18(11)21)24-14(4)17(13(3)23-24)9-20(25)26-10-19-22-12(2)15(5)27-19/h6-8H,9-10H2,1-5H3. The molecule has 6 nitrogen and oxygen atoms in total. The van der Waals surface area contributed by atoms with Crippen molar-refractivity contribution in [3.8, 4) is 5.69 Å². The van der Waals surface area contributed by atoms with E-state index in [2.05, 4.69) is 10.1 Å². The van der Waals surface area contributed by atoms with Gasteiger partial charge in [0.15, 0.2) is 6.61 Å². The van der Waals surface area contributed by atoms with Crippen molar-refractivity contribution in [1.82, 2.24) is 14.8 Å². The van der Waals surface area contributed by atoms with E-state index in [4.69, 9.17) is 20.8 Å². The van der Waals surface area contributed by atoms with Gasteiger partial charge in [0.25, 0.3) is 0 Å². The Morgan fingerprint density at radius 3 is 2.56 bits per heavy atom. The lowest BCUT2D eigenvalue weighted by Crippen LogP contribution is -2.09. The molecule has 2 aromatic heterocycles. The molecular formula is C20H22ClN3O3. The van der Waals surface area contributed by atoms with E-state index in [9.17, 15) is 4.79 Å². The second-order valence-electron chi connectivity index (χ2n) is 6.58. The number of aryl methyl sites for hydroxylation is 4. The Morgan fingerprint density at radius 2 is 1.93 bits per heavy atom. The fraction of sp³-hybridized carbons (Fsp3) is 0.350. The molecule has 0 aliphatic rings. The van der Waals surface area contributed by atoms with Crippen LogP contribution in [0.2, 0.25) is 5.02 Å². The van der Waals surface area contributed by atoms with Crippen molar-refractivity contribution in [3.63, 3.8) is 0 Å². The van der Waals surface area contributed by atoms with Gasteiger partial charge in [-0.25, -0.2) is 9.67 Å². The normalized spacial score (nSPS) is 11.0. The SMILES string of the molecule is Cc1ccc(-n2nc(C)c(CC(=O)OCc3nc(C)c(C)o3)c2C)cc1Cl. The van der Waals surface area contributed by atoms with Crippen LogP contribution < -0.4 is 0 Å². The average Bonchev–Trinajstić information content (AvgIpc) is 3.09. The molecule has 0 unspecified atom stereocenters. The predicted molar refractivity (Wildman–Crippen MR) is 102 cm³/mol. The molecule has 0 amide bonds. The summed E-state index contributed by atoms with van der Waals surface area (Å²) in [6.45, 7) is 9.45. The smallest absolute Gasteiger partial charge is 0.310 e. The molecule has 0 saturated heterocycles. The fourth-order valence-corrected chi connectivity index (χ4v) is 3.01. The summed E-state index contributed by atoms with van der Waals surface area (Å²) in [6.07, 6.45) is 0.135. The van der Waals surface area contributed by atoms with Gasteiger partial charge < -0.3 is 9.15 Å². The third kappa shape index (κ3) is 4.06. The Balaban J connectivity index is 1.74. The average molecular weight is 388 g/mol. The van der Waals surface area contributed by atoms with Gasteiger partial charge in [0.2, 0.25) is 5.89 Å².